The van der Waals surface area contributed by atoms with Gasteiger partial charge in [0, 0.05) is 26.2 Å². The lowest BCUT2D eigenvalue weighted by Gasteiger charge is -2.37. The van der Waals surface area contributed by atoms with E-state index in [-0.39, 0.29) is 5.75 Å². The number of benzene rings is 3. The van der Waals surface area contributed by atoms with Crippen LogP contribution in [0.1, 0.15) is 29.7 Å². The highest BCUT2D eigenvalue weighted by Gasteiger charge is 2.33. The Kier molecular flexibility index (Phi) is 4.57. The van der Waals surface area contributed by atoms with Crippen LogP contribution in [-0.4, -0.2) is 46.9 Å². The Morgan fingerprint density at radius 1 is 0.793 bits per heavy atom. The van der Waals surface area contributed by atoms with E-state index >= 15 is 0 Å². The standard InChI is InChI=1S/C25H25N3O/c1-18(19-10-12-20(29)13-11-19)26-28-16-14-27(15-17-28)25-23-8-4-2-6-21(23)22-7-3-5-9-24(22)25/h2-13,25,29H,14-17H2,1H3/b26-18+. The summed E-state index contributed by atoms with van der Waals surface area (Å²) in [6.07, 6.45) is 0. The third-order valence-electron chi connectivity index (χ3n) is 6.03. The van der Waals surface area contributed by atoms with E-state index in [4.69, 9.17) is 5.10 Å². The first kappa shape index (κ1) is 18.0. The molecule has 4 heteroatoms. The lowest BCUT2D eigenvalue weighted by atomic mass is 10.0. The van der Waals surface area contributed by atoms with Gasteiger partial charge < -0.3 is 5.11 Å². The molecule has 2 aliphatic rings. The van der Waals surface area contributed by atoms with Gasteiger partial charge in [0.25, 0.3) is 0 Å². The quantitative estimate of drug-likeness (QED) is 0.677. The van der Waals surface area contributed by atoms with Crippen molar-refractivity contribution in [3.8, 4) is 16.9 Å². The second-order valence-electron chi connectivity index (χ2n) is 7.80. The lowest BCUT2D eigenvalue weighted by molar-refractivity contribution is 0.114. The zero-order valence-electron chi connectivity index (χ0n) is 16.6. The molecule has 3 aromatic carbocycles. The number of hydrazone groups is 1. The minimum absolute atomic E-state index is 0.285. The van der Waals surface area contributed by atoms with Crippen molar-refractivity contribution in [3.05, 3.63) is 89.5 Å². The molecule has 5 rings (SSSR count). The van der Waals surface area contributed by atoms with Gasteiger partial charge in [-0.15, -0.1) is 0 Å². The van der Waals surface area contributed by atoms with Crippen LogP contribution < -0.4 is 0 Å². The number of hydrogen-bond donors (Lipinski definition) is 1. The van der Waals surface area contributed by atoms with Gasteiger partial charge in [-0.3, -0.25) is 9.91 Å². The third-order valence-corrected chi connectivity index (χ3v) is 6.03. The molecule has 4 nitrogen and oxygen atoms in total. The highest BCUT2D eigenvalue weighted by molar-refractivity contribution is 5.98. The van der Waals surface area contributed by atoms with Crippen LogP contribution in [0, 0.1) is 0 Å². The SMILES string of the molecule is C/C(=N\N1CCN(C2c3ccccc3-c3ccccc32)CC1)c1ccc(O)cc1. The molecular weight excluding hydrogens is 358 g/mol. The van der Waals surface area contributed by atoms with Gasteiger partial charge in [0.15, 0.2) is 0 Å². The average molecular weight is 383 g/mol. The van der Waals surface area contributed by atoms with Crippen molar-refractivity contribution in [1.29, 1.82) is 0 Å². The number of hydrogen-bond acceptors (Lipinski definition) is 4. The summed E-state index contributed by atoms with van der Waals surface area (Å²) in [5.74, 6) is 0.285. The van der Waals surface area contributed by atoms with E-state index in [2.05, 4.69) is 58.4 Å². The molecule has 0 bridgehead atoms. The molecule has 1 N–H and O–H groups in total. The topological polar surface area (TPSA) is 39.1 Å². The van der Waals surface area contributed by atoms with Crippen molar-refractivity contribution < 1.29 is 5.11 Å². The van der Waals surface area contributed by atoms with E-state index in [1.807, 2.05) is 19.1 Å². The molecule has 0 spiro atoms. The smallest absolute Gasteiger partial charge is 0.115 e. The van der Waals surface area contributed by atoms with Crippen LogP contribution >= 0.6 is 0 Å². The van der Waals surface area contributed by atoms with Gasteiger partial charge in [0.1, 0.15) is 5.75 Å². The molecule has 0 atom stereocenters. The first-order valence-electron chi connectivity index (χ1n) is 10.2. The largest absolute Gasteiger partial charge is 0.508 e. The molecule has 3 aromatic rings. The summed E-state index contributed by atoms with van der Waals surface area (Å²) in [4.78, 5) is 2.59. The average Bonchev–Trinajstić information content (AvgIpc) is 3.09. The fraction of sp³-hybridized carbons (Fsp3) is 0.240. The molecule has 0 radical (unpaired) electrons. The van der Waals surface area contributed by atoms with Crippen molar-refractivity contribution >= 4 is 5.71 Å². The van der Waals surface area contributed by atoms with E-state index in [9.17, 15) is 5.11 Å². The molecule has 0 unspecified atom stereocenters. The zero-order valence-corrected chi connectivity index (χ0v) is 16.6. The number of fused-ring (bicyclic) bond motifs is 3. The maximum absolute atomic E-state index is 9.48. The van der Waals surface area contributed by atoms with Gasteiger partial charge in [-0.25, -0.2) is 0 Å². The van der Waals surface area contributed by atoms with Crippen LogP contribution in [-0.2, 0) is 0 Å². The highest BCUT2D eigenvalue weighted by Crippen LogP contribution is 2.46. The summed E-state index contributed by atoms with van der Waals surface area (Å²) < 4.78 is 0. The van der Waals surface area contributed by atoms with Gasteiger partial charge in [0.2, 0.25) is 0 Å². The van der Waals surface area contributed by atoms with Gasteiger partial charge in [-0.1, -0.05) is 48.5 Å². The Labute approximate surface area is 171 Å². The van der Waals surface area contributed by atoms with Crippen LogP contribution in [0.2, 0.25) is 0 Å². The number of aromatic hydroxyl groups is 1. The number of nitrogens with zero attached hydrogens (tertiary/aromatic N) is 3. The fourth-order valence-electron chi connectivity index (χ4n) is 4.56. The molecule has 29 heavy (non-hydrogen) atoms. The molecule has 0 aromatic heterocycles. The minimum Gasteiger partial charge on any atom is -0.508 e. The Balaban J connectivity index is 1.33. The van der Waals surface area contributed by atoms with Gasteiger partial charge in [-0.2, -0.15) is 5.10 Å². The first-order valence-corrected chi connectivity index (χ1v) is 10.2. The maximum atomic E-state index is 9.48. The van der Waals surface area contributed by atoms with Crippen molar-refractivity contribution in [3.63, 3.8) is 0 Å². The van der Waals surface area contributed by atoms with Crippen LogP contribution in [0.15, 0.2) is 77.9 Å². The number of phenolic OH excluding ortho intramolecular Hbond substituents is 1. The Hall–Kier alpha value is -3.11. The molecule has 1 fully saturated rings. The normalized spacial score (nSPS) is 17.3. The lowest BCUT2D eigenvalue weighted by Crippen LogP contribution is -2.45. The Morgan fingerprint density at radius 2 is 1.34 bits per heavy atom. The fourth-order valence-corrected chi connectivity index (χ4v) is 4.56. The monoisotopic (exact) mass is 383 g/mol. The van der Waals surface area contributed by atoms with E-state index in [0.717, 1.165) is 37.5 Å². The molecular formula is C25H25N3O. The predicted octanol–water partition coefficient (Wildman–Crippen LogP) is 4.50. The number of piperazine rings is 1. The second-order valence-corrected chi connectivity index (χ2v) is 7.80. The highest BCUT2D eigenvalue weighted by atomic mass is 16.3. The molecule has 0 amide bonds. The predicted molar refractivity (Wildman–Crippen MR) is 117 cm³/mol. The summed E-state index contributed by atoms with van der Waals surface area (Å²) in [5.41, 5.74) is 7.61. The molecule has 1 aliphatic carbocycles. The van der Waals surface area contributed by atoms with Crippen LogP contribution in [0.4, 0.5) is 0 Å². The Bertz CT molecular complexity index is 1000. The Morgan fingerprint density at radius 3 is 1.93 bits per heavy atom. The summed E-state index contributed by atoms with van der Waals surface area (Å²) >= 11 is 0. The van der Waals surface area contributed by atoms with Gasteiger partial charge >= 0.3 is 0 Å². The summed E-state index contributed by atoms with van der Waals surface area (Å²) in [6.45, 7) is 5.83. The van der Waals surface area contributed by atoms with E-state index < -0.39 is 0 Å². The second kappa shape index (κ2) is 7.37. The zero-order chi connectivity index (χ0) is 19.8. The summed E-state index contributed by atoms with van der Waals surface area (Å²) in [6, 6.07) is 25.2. The van der Waals surface area contributed by atoms with E-state index in [0.29, 0.717) is 6.04 Å². The summed E-state index contributed by atoms with van der Waals surface area (Å²) in [7, 11) is 0. The molecule has 1 heterocycles. The van der Waals surface area contributed by atoms with Crippen LogP contribution in [0.25, 0.3) is 11.1 Å². The van der Waals surface area contributed by atoms with Crippen molar-refractivity contribution in [2.45, 2.75) is 13.0 Å². The van der Waals surface area contributed by atoms with Crippen molar-refractivity contribution in [2.24, 2.45) is 5.10 Å². The van der Waals surface area contributed by atoms with Crippen molar-refractivity contribution in [2.75, 3.05) is 26.2 Å². The van der Waals surface area contributed by atoms with Gasteiger partial charge in [0.05, 0.1) is 11.8 Å². The third kappa shape index (κ3) is 3.30. The van der Waals surface area contributed by atoms with E-state index in [1.54, 1.807) is 12.1 Å². The summed E-state index contributed by atoms with van der Waals surface area (Å²) in [5, 5.41) is 16.5. The van der Waals surface area contributed by atoms with E-state index in [1.165, 1.54) is 22.3 Å². The minimum atomic E-state index is 0.285. The maximum Gasteiger partial charge on any atom is 0.115 e. The van der Waals surface area contributed by atoms with Crippen molar-refractivity contribution in [1.82, 2.24) is 9.91 Å². The van der Waals surface area contributed by atoms with Gasteiger partial charge in [-0.05, 0) is 59.0 Å². The molecule has 1 saturated heterocycles. The van der Waals surface area contributed by atoms with Crippen LogP contribution in [0.3, 0.4) is 0 Å². The van der Waals surface area contributed by atoms with Crippen LogP contribution in [0.5, 0.6) is 5.75 Å². The first-order chi connectivity index (χ1) is 14.2. The number of phenols is 1. The number of rotatable bonds is 3. The molecule has 0 saturated carbocycles. The molecule has 1 aliphatic heterocycles. The molecule has 146 valence electrons.